The molecule has 2 amide bonds. The Morgan fingerprint density at radius 3 is 2.56 bits per heavy atom. The summed E-state index contributed by atoms with van der Waals surface area (Å²) >= 11 is 2.73. The molecule has 0 spiro atoms. The first-order valence-corrected chi connectivity index (χ1v) is 10.1. The second kappa shape index (κ2) is 8.79. The third kappa shape index (κ3) is 5.15. The average Bonchev–Trinajstić information content (AvgIpc) is 3.30. The van der Waals surface area contributed by atoms with Gasteiger partial charge in [-0.3, -0.25) is 14.9 Å². The normalized spacial score (nSPS) is 10.4. The molecule has 0 radical (unpaired) electrons. The standard InChI is InChI=1S/C19H19N3O3S2/c1-3-13-6-8-14(9-7-13)25-11-16(24)21-19-22-17(15-5-4-10-26-15)18(27-19)20-12(2)23/h4-10H,3,11H2,1-2H3,(H,20,23)(H,21,22,24). The summed E-state index contributed by atoms with van der Waals surface area (Å²) in [6.07, 6.45) is 0.952. The van der Waals surface area contributed by atoms with Crippen molar-refractivity contribution >= 4 is 44.6 Å². The van der Waals surface area contributed by atoms with Gasteiger partial charge >= 0.3 is 0 Å². The summed E-state index contributed by atoms with van der Waals surface area (Å²) in [5.74, 6) is 0.142. The number of ether oxygens (including phenoxy) is 1. The van der Waals surface area contributed by atoms with Crippen LogP contribution in [-0.2, 0) is 16.0 Å². The van der Waals surface area contributed by atoms with Crippen LogP contribution < -0.4 is 15.4 Å². The number of aryl methyl sites for hydroxylation is 1. The van der Waals surface area contributed by atoms with Crippen molar-refractivity contribution in [2.45, 2.75) is 20.3 Å². The van der Waals surface area contributed by atoms with Gasteiger partial charge in [-0.2, -0.15) is 0 Å². The molecule has 0 unspecified atom stereocenters. The monoisotopic (exact) mass is 401 g/mol. The van der Waals surface area contributed by atoms with E-state index in [9.17, 15) is 9.59 Å². The van der Waals surface area contributed by atoms with E-state index in [1.807, 2.05) is 41.8 Å². The van der Waals surface area contributed by atoms with Crippen LogP contribution in [-0.4, -0.2) is 23.4 Å². The van der Waals surface area contributed by atoms with Crippen LogP contribution in [0.15, 0.2) is 41.8 Å². The first-order chi connectivity index (χ1) is 13.0. The number of nitrogens with one attached hydrogen (secondary N) is 2. The Balaban J connectivity index is 1.65. The molecule has 0 atom stereocenters. The number of hydrogen-bond acceptors (Lipinski definition) is 6. The molecular weight excluding hydrogens is 382 g/mol. The molecule has 8 heteroatoms. The van der Waals surface area contributed by atoms with Crippen LogP contribution in [0.1, 0.15) is 19.4 Å². The quantitative estimate of drug-likeness (QED) is 0.614. The highest BCUT2D eigenvalue weighted by atomic mass is 32.1. The second-order valence-electron chi connectivity index (χ2n) is 5.69. The van der Waals surface area contributed by atoms with Crippen LogP contribution in [0.2, 0.25) is 0 Å². The van der Waals surface area contributed by atoms with Gasteiger partial charge in [0.1, 0.15) is 16.4 Å². The van der Waals surface area contributed by atoms with Crippen molar-refractivity contribution in [2.24, 2.45) is 0 Å². The molecule has 0 saturated carbocycles. The molecule has 6 nitrogen and oxygen atoms in total. The fourth-order valence-electron chi connectivity index (χ4n) is 2.32. The van der Waals surface area contributed by atoms with Gasteiger partial charge in [0.05, 0.1) is 4.88 Å². The minimum Gasteiger partial charge on any atom is -0.484 e. The first kappa shape index (κ1) is 19.1. The average molecular weight is 402 g/mol. The number of carbonyl (C=O) groups excluding carboxylic acids is 2. The number of thiazole rings is 1. The van der Waals surface area contributed by atoms with Crippen molar-refractivity contribution < 1.29 is 14.3 Å². The molecule has 1 aromatic carbocycles. The highest BCUT2D eigenvalue weighted by Gasteiger charge is 2.16. The Morgan fingerprint density at radius 1 is 1.15 bits per heavy atom. The summed E-state index contributed by atoms with van der Waals surface area (Å²) in [6.45, 7) is 3.40. The van der Waals surface area contributed by atoms with Crippen LogP contribution in [0.5, 0.6) is 5.75 Å². The van der Waals surface area contributed by atoms with E-state index in [-0.39, 0.29) is 18.4 Å². The topological polar surface area (TPSA) is 80.3 Å². The predicted octanol–water partition coefficient (Wildman–Crippen LogP) is 4.41. The van der Waals surface area contributed by atoms with Crippen molar-refractivity contribution in [3.05, 3.63) is 47.3 Å². The zero-order valence-electron chi connectivity index (χ0n) is 14.9. The number of thiophene rings is 1. The van der Waals surface area contributed by atoms with Gasteiger partial charge in [0.2, 0.25) is 5.91 Å². The van der Waals surface area contributed by atoms with Crippen molar-refractivity contribution in [3.63, 3.8) is 0 Å². The summed E-state index contributed by atoms with van der Waals surface area (Å²) in [7, 11) is 0. The van der Waals surface area contributed by atoms with Gasteiger partial charge in [0.15, 0.2) is 11.7 Å². The smallest absolute Gasteiger partial charge is 0.264 e. The molecule has 2 heterocycles. The Hall–Kier alpha value is -2.71. The maximum atomic E-state index is 12.2. The summed E-state index contributed by atoms with van der Waals surface area (Å²) in [6, 6.07) is 11.5. The molecule has 0 saturated heterocycles. The molecule has 0 bridgehead atoms. The SMILES string of the molecule is CCc1ccc(OCC(=O)Nc2nc(-c3cccs3)c(NC(C)=O)s2)cc1. The van der Waals surface area contributed by atoms with E-state index in [2.05, 4.69) is 22.5 Å². The summed E-state index contributed by atoms with van der Waals surface area (Å²) in [4.78, 5) is 29.0. The van der Waals surface area contributed by atoms with Crippen LogP contribution >= 0.6 is 22.7 Å². The van der Waals surface area contributed by atoms with Crippen molar-refractivity contribution in [1.82, 2.24) is 4.98 Å². The molecule has 0 aliphatic rings. The van der Waals surface area contributed by atoms with Crippen LogP contribution in [0.25, 0.3) is 10.6 Å². The predicted molar refractivity (Wildman–Crippen MR) is 110 cm³/mol. The van der Waals surface area contributed by atoms with Gasteiger partial charge in [-0.25, -0.2) is 4.98 Å². The van der Waals surface area contributed by atoms with Gasteiger partial charge < -0.3 is 10.1 Å². The Bertz CT molecular complexity index is 918. The lowest BCUT2D eigenvalue weighted by atomic mass is 10.2. The fourth-order valence-corrected chi connectivity index (χ4v) is 4.05. The number of aromatic nitrogens is 1. The van der Waals surface area contributed by atoms with E-state index in [1.54, 1.807) is 0 Å². The first-order valence-electron chi connectivity index (χ1n) is 8.39. The van der Waals surface area contributed by atoms with Gasteiger partial charge in [-0.1, -0.05) is 36.5 Å². The van der Waals surface area contributed by atoms with E-state index in [1.165, 1.54) is 35.2 Å². The van der Waals surface area contributed by atoms with Gasteiger partial charge in [-0.05, 0) is 35.6 Å². The molecule has 0 aliphatic heterocycles. The van der Waals surface area contributed by atoms with Gasteiger partial charge in [-0.15, -0.1) is 11.3 Å². The van der Waals surface area contributed by atoms with Crippen LogP contribution in [0.4, 0.5) is 10.1 Å². The maximum Gasteiger partial charge on any atom is 0.264 e. The number of amides is 2. The van der Waals surface area contributed by atoms with Crippen LogP contribution in [0.3, 0.4) is 0 Å². The molecule has 2 aromatic heterocycles. The molecule has 2 N–H and O–H groups in total. The van der Waals surface area contributed by atoms with Crippen LogP contribution in [0, 0.1) is 0 Å². The number of benzene rings is 1. The molecule has 3 rings (SSSR count). The number of carbonyl (C=O) groups is 2. The molecular formula is C19H19N3O3S2. The van der Waals surface area contributed by atoms with Crippen molar-refractivity contribution in [3.8, 4) is 16.3 Å². The maximum absolute atomic E-state index is 12.2. The van der Waals surface area contributed by atoms with Gasteiger partial charge in [0, 0.05) is 6.92 Å². The minimum atomic E-state index is -0.310. The summed E-state index contributed by atoms with van der Waals surface area (Å²) in [5, 5.41) is 8.45. The number of nitrogens with zero attached hydrogens (tertiary/aromatic N) is 1. The molecule has 140 valence electrons. The second-order valence-corrected chi connectivity index (χ2v) is 7.64. The summed E-state index contributed by atoms with van der Waals surface area (Å²) in [5.41, 5.74) is 1.86. The fraction of sp³-hybridized carbons (Fsp3) is 0.211. The van der Waals surface area contributed by atoms with Crippen molar-refractivity contribution in [2.75, 3.05) is 17.2 Å². The third-order valence-corrected chi connectivity index (χ3v) is 5.38. The molecule has 27 heavy (non-hydrogen) atoms. The highest BCUT2D eigenvalue weighted by Crippen LogP contribution is 2.37. The lowest BCUT2D eigenvalue weighted by molar-refractivity contribution is -0.118. The van der Waals surface area contributed by atoms with E-state index < -0.39 is 0 Å². The van der Waals surface area contributed by atoms with E-state index >= 15 is 0 Å². The highest BCUT2D eigenvalue weighted by molar-refractivity contribution is 7.21. The zero-order chi connectivity index (χ0) is 19.2. The zero-order valence-corrected chi connectivity index (χ0v) is 16.6. The Labute approximate surface area is 165 Å². The molecule has 0 fully saturated rings. The number of anilines is 2. The van der Waals surface area contributed by atoms with E-state index in [0.29, 0.717) is 21.6 Å². The Kier molecular flexibility index (Phi) is 6.20. The number of rotatable bonds is 7. The van der Waals surface area contributed by atoms with E-state index in [0.717, 1.165) is 11.3 Å². The lowest BCUT2D eigenvalue weighted by Crippen LogP contribution is -2.20. The third-order valence-electron chi connectivity index (χ3n) is 3.62. The lowest BCUT2D eigenvalue weighted by Gasteiger charge is -2.06. The van der Waals surface area contributed by atoms with Crippen molar-refractivity contribution in [1.29, 1.82) is 0 Å². The Morgan fingerprint density at radius 2 is 1.93 bits per heavy atom. The largest absolute Gasteiger partial charge is 0.484 e. The number of hydrogen-bond donors (Lipinski definition) is 2. The minimum absolute atomic E-state index is 0.116. The van der Waals surface area contributed by atoms with E-state index in [4.69, 9.17) is 4.74 Å². The molecule has 3 aromatic rings. The van der Waals surface area contributed by atoms with Gasteiger partial charge in [0.25, 0.3) is 5.91 Å². The molecule has 0 aliphatic carbocycles. The summed E-state index contributed by atoms with van der Waals surface area (Å²) < 4.78 is 5.51.